The van der Waals surface area contributed by atoms with Crippen LogP contribution in [-0.4, -0.2) is 5.78 Å². The Balaban J connectivity index is 1.99. The van der Waals surface area contributed by atoms with Crippen LogP contribution in [-0.2, 0) is 4.79 Å². The van der Waals surface area contributed by atoms with Crippen LogP contribution in [0, 0.1) is 22.7 Å². The minimum atomic E-state index is 0.266. The maximum absolute atomic E-state index is 12.3. The van der Waals surface area contributed by atoms with Gasteiger partial charge in [0.05, 0.1) is 0 Å². The van der Waals surface area contributed by atoms with Crippen molar-refractivity contribution < 1.29 is 4.79 Å². The van der Waals surface area contributed by atoms with Gasteiger partial charge in [0.15, 0.2) is 5.78 Å². The molecule has 0 amide bonds. The van der Waals surface area contributed by atoms with E-state index in [4.69, 9.17) is 0 Å². The molecule has 1 nitrogen and oxygen atoms in total. The molecule has 3 aliphatic rings. The Morgan fingerprint density at radius 3 is 2.53 bits per heavy atom. The Hall–Kier alpha value is -0.590. The van der Waals surface area contributed by atoms with Gasteiger partial charge in [0, 0.05) is 6.42 Å². The highest BCUT2D eigenvalue weighted by atomic mass is 16.1. The smallest absolute Gasteiger partial charge is 0.158 e. The SMILES string of the molecule is CC(C)(C)CCC(=O)C1=CCC2CC1C2(C)C. The number of hydrogen-bond acceptors (Lipinski definition) is 1. The quantitative estimate of drug-likeness (QED) is 0.708. The van der Waals surface area contributed by atoms with Gasteiger partial charge in [-0.2, -0.15) is 0 Å². The van der Waals surface area contributed by atoms with Crippen LogP contribution < -0.4 is 0 Å². The van der Waals surface area contributed by atoms with Crippen molar-refractivity contribution in [2.45, 2.75) is 60.3 Å². The lowest BCUT2D eigenvalue weighted by molar-refractivity contribution is -0.119. The molecule has 0 aromatic heterocycles. The van der Waals surface area contributed by atoms with Crippen molar-refractivity contribution in [1.29, 1.82) is 0 Å². The molecule has 2 unspecified atom stereocenters. The van der Waals surface area contributed by atoms with Gasteiger partial charge in [-0.25, -0.2) is 0 Å². The van der Waals surface area contributed by atoms with Crippen molar-refractivity contribution in [3.8, 4) is 0 Å². The highest BCUT2D eigenvalue weighted by Crippen LogP contribution is 2.59. The summed E-state index contributed by atoms with van der Waals surface area (Å²) in [7, 11) is 0. The molecule has 0 saturated heterocycles. The third-order valence-electron chi connectivity index (χ3n) is 4.89. The minimum absolute atomic E-state index is 0.266. The average molecular weight is 234 g/mol. The fourth-order valence-electron chi connectivity index (χ4n) is 3.30. The third-order valence-corrected chi connectivity index (χ3v) is 4.89. The molecule has 3 rings (SSSR count). The second-order valence-electron chi connectivity index (χ2n) is 7.69. The summed E-state index contributed by atoms with van der Waals surface area (Å²) < 4.78 is 0. The number of carbonyl (C=O) groups excluding carboxylic acids is 1. The predicted octanol–water partition coefficient (Wildman–Crippen LogP) is 4.37. The van der Waals surface area contributed by atoms with Gasteiger partial charge in [0.1, 0.15) is 0 Å². The molecule has 0 spiro atoms. The van der Waals surface area contributed by atoms with Crippen LogP contribution in [0.5, 0.6) is 0 Å². The zero-order chi connectivity index (χ0) is 12.8. The van der Waals surface area contributed by atoms with E-state index in [0.29, 0.717) is 17.1 Å². The molecule has 1 heteroatoms. The van der Waals surface area contributed by atoms with E-state index < -0.39 is 0 Å². The summed E-state index contributed by atoms with van der Waals surface area (Å²) in [6, 6.07) is 0. The fourth-order valence-corrected chi connectivity index (χ4v) is 3.30. The number of Topliss-reactive ketones (excluding diaryl/α,β-unsaturated/α-hetero) is 1. The molecule has 0 aromatic carbocycles. The van der Waals surface area contributed by atoms with Crippen molar-refractivity contribution in [2.75, 3.05) is 0 Å². The first-order valence-electron chi connectivity index (χ1n) is 6.95. The molecule has 2 bridgehead atoms. The van der Waals surface area contributed by atoms with Gasteiger partial charge >= 0.3 is 0 Å². The first-order chi connectivity index (χ1) is 7.72. The first-order valence-corrected chi connectivity index (χ1v) is 6.95. The summed E-state index contributed by atoms with van der Waals surface area (Å²) in [5.74, 6) is 1.79. The van der Waals surface area contributed by atoms with Crippen molar-refractivity contribution in [3.63, 3.8) is 0 Å². The van der Waals surface area contributed by atoms with Crippen molar-refractivity contribution in [3.05, 3.63) is 11.6 Å². The number of ketones is 1. The van der Waals surface area contributed by atoms with Crippen molar-refractivity contribution >= 4 is 5.78 Å². The molecule has 0 N–H and O–H groups in total. The summed E-state index contributed by atoms with van der Waals surface area (Å²) in [4.78, 5) is 12.3. The van der Waals surface area contributed by atoms with Crippen LogP contribution in [0.25, 0.3) is 0 Å². The van der Waals surface area contributed by atoms with Crippen LogP contribution >= 0.6 is 0 Å². The summed E-state index contributed by atoms with van der Waals surface area (Å²) in [6.07, 6.45) is 6.33. The van der Waals surface area contributed by atoms with E-state index in [-0.39, 0.29) is 5.41 Å². The first kappa shape index (κ1) is 12.9. The second-order valence-corrected chi connectivity index (χ2v) is 7.69. The summed E-state index contributed by atoms with van der Waals surface area (Å²) in [5, 5.41) is 0. The highest BCUT2D eigenvalue weighted by molar-refractivity contribution is 5.96. The van der Waals surface area contributed by atoms with E-state index in [2.05, 4.69) is 40.7 Å². The lowest BCUT2D eigenvalue weighted by Crippen LogP contribution is -2.49. The van der Waals surface area contributed by atoms with Gasteiger partial charge in [-0.1, -0.05) is 40.7 Å². The topological polar surface area (TPSA) is 17.1 Å². The van der Waals surface area contributed by atoms with Gasteiger partial charge in [-0.3, -0.25) is 4.79 Å². The van der Waals surface area contributed by atoms with Crippen LogP contribution in [0.4, 0.5) is 0 Å². The van der Waals surface area contributed by atoms with Gasteiger partial charge in [-0.05, 0) is 47.5 Å². The van der Waals surface area contributed by atoms with E-state index in [1.807, 2.05) is 0 Å². The van der Waals surface area contributed by atoms with E-state index >= 15 is 0 Å². The Bertz CT molecular complexity index is 354. The standard InChI is InChI=1S/C16H26O/c1-15(2,3)9-8-14(17)12-7-6-11-10-13(12)16(11,4)5/h7,11,13H,6,8-10H2,1-5H3. The minimum Gasteiger partial charge on any atom is -0.295 e. The van der Waals surface area contributed by atoms with E-state index in [1.54, 1.807) is 0 Å². The molecule has 1 saturated carbocycles. The Morgan fingerprint density at radius 1 is 1.41 bits per heavy atom. The van der Waals surface area contributed by atoms with E-state index in [0.717, 1.165) is 30.8 Å². The molecule has 0 radical (unpaired) electrons. The molecule has 0 aliphatic heterocycles. The Morgan fingerprint density at radius 2 is 2.06 bits per heavy atom. The molecule has 0 heterocycles. The monoisotopic (exact) mass is 234 g/mol. The maximum Gasteiger partial charge on any atom is 0.158 e. The third kappa shape index (κ3) is 2.34. The van der Waals surface area contributed by atoms with Crippen LogP contribution in [0.1, 0.15) is 60.3 Å². The van der Waals surface area contributed by atoms with Gasteiger partial charge < -0.3 is 0 Å². The zero-order valence-electron chi connectivity index (χ0n) is 12.0. The van der Waals surface area contributed by atoms with E-state index in [1.165, 1.54) is 6.42 Å². The molecule has 96 valence electrons. The predicted molar refractivity (Wildman–Crippen MR) is 71.8 cm³/mol. The molecule has 0 aromatic rings. The maximum atomic E-state index is 12.3. The summed E-state index contributed by atoms with van der Waals surface area (Å²) >= 11 is 0. The van der Waals surface area contributed by atoms with E-state index in [9.17, 15) is 4.79 Å². The average Bonchev–Trinajstić information content (AvgIpc) is 2.24. The van der Waals surface area contributed by atoms with Gasteiger partial charge in [-0.15, -0.1) is 0 Å². The fraction of sp³-hybridized carbons (Fsp3) is 0.812. The van der Waals surface area contributed by atoms with Crippen molar-refractivity contribution in [1.82, 2.24) is 0 Å². The number of fused-ring (bicyclic) bond motifs is 1. The van der Waals surface area contributed by atoms with Crippen LogP contribution in [0.15, 0.2) is 11.6 Å². The molecule has 3 aliphatic carbocycles. The summed E-state index contributed by atoms with van der Waals surface area (Å²) in [6.45, 7) is 11.3. The van der Waals surface area contributed by atoms with Crippen LogP contribution in [0.3, 0.4) is 0 Å². The Labute approximate surface area is 106 Å². The number of carbonyl (C=O) groups is 1. The molecule has 1 fully saturated rings. The van der Waals surface area contributed by atoms with Gasteiger partial charge in [0.25, 0.3) is 0 Å². The second kappa shape index (κ2) is 3.96. The molecular weight excluding hydrogens is 208 g/mol. The Kier molecular flexibility index (Phi) is 3.00. The highest BCUT2D eigenvalue weighted by Gasteiger charge is 2.52. The number of rotatable bonds is 3. The molecule has 2 atom stereocenters. The molecule has 17 heavy (non-hydrogen) atoms. The lowest BCUT2D eigenvalue weighted by Gasteiger charge is -2.56. The van der Waals surface area contributed by atoms with Crippen molar-refractivity contribution in [2.24, 2.45) is 22.7 Å². The lowest BCUT2D eigenvalue weighted by atomic mass is 9.48. The van der Waals surface area contributed by atoms with Gasteiger partial charge in [0.2, 0.25) is 0 Å². The number of allylic oxidation sites excluding steroid dienone is 2. The molecular formula is C16H26O. The summed E-state index contributed by atoms with van der Waals surface area (Å²) in [5.41, 5.74) is 1.80. The zero-order valence-corrected chi connectivity index (χ0v) is 12.0. The van der Waals surface area contributed by atoms with Crippen LogP contribution in [0.2, 0.25) is 0 Å². The number of hydrogen-bond donors (Lipinski definition) is 0. The normalized spacial score (nSPS) is 30.5. The largest absolute Gasteiger partial charge is 0.295 e.